The van der Waals surface area contributed by atoms with E-state index in [4.69, 9.17) is 0 Å². The third-order valence-electron chi connectivity index (χ3n) is 1.91. The molecule has 0 aliphatic carbocycles. The van der Waals surface area contributed by atoms with Crippen molar-refractivity contribution in [1.29, 1.82) is 0 Å². The van der Waals surface area contributed by atoms with Gasteiger partial charge in [-0.2, -0.15) is 0 Å². The normalized spacial score (nSPS) is 12.4. The van der Waals surface area contributed by atoms with E-state index in [1.165, 1.54) is 0 Å². The van der Waals surface area contributed by atoms with Gasteiger partial charge in [0.15, 0.2) is 0 Å². The van der Waals surface area contributed by atoms with Gasteiger partial charge in [0.05, 0.1) is 0 Å². The predicted octanol–water partition coefficient (Wildman–Crippen LogP) is 1.98. The predicted molar refractivity (Wildman–Crippen MR) is 71.2 cm³/mol. The van der Waals surface area contributed by atoms with E-state index in [0.29, 0.717) is 12.3 Å². The van der Waals surface area contributed by atoms with Crippen molar-refractivity contribution in [2.24, 2.45) is 0 Å². The number of aryl methyl sites for hydroxylation is 1. The van der Waals surface area contributed by atoms with Gasteiger partial charge in [0, 0.05) is 41.8 Å². The quantitative estimate of drug-likeness (QED) is 0.817. The first-order valence-corrected chi connectivity index (χ1v) is 7.71. The summed E-state index contributed by atoms with van der Waals surface area (Å²) in [6.07, 6.45) is 3.59. The van der Waals surface area contributed by atoms with E-state index in [0.717, 1.165) is 29.1 Å². The number of hydrogen-bond acceptors (Lipinski definition) is 4. The molecular weight excluding hydrogens is 290 g/mol. The summed E-state index contributed by atoms with van der Waals surface area (Å²) in [4.78, 5) is 8.64. The van der Waals surface area contributed by atoms with Crippen molar-refractivity contribution in [1.82, 2.24) is 9.97 Å². The molecule has 0 bridgehead atoms. The third-order valence-corrected chi connectivity index (χ3v) is 3.10. The molecule has 1 rings (SSSR count). The van der Waals surface area contributed by atoms with Gasteiger partial charge < -0.3 is 5.32 Å². The molecule has 1 unspecified atom stereocenters. The van der Waals surface area contributed by atoms with E-state index < -0.39 is 10.8 Å². The summed E-state index contributed by atoms with van der Waals surface area (Å²) in [5, 5.41) is 3.14. The molecule has 0 spiro atoms. The molecule has 1 heterocycles. The first-order valence-electron chi connectivity index (χ1n) is 5.19. The average Bonchev–Trinajstić information content (AvgIpc) is 2.16. The smallest absolute Gasteiger partial charge is 0.132 e. The second-order valence-corrected chi connectivity index (χ2v) is 5.81. The number of hydrogen-bond donors (Lipinski definition) is 1. The van der Waals surface area contributed by atoms with Gasteiger partial charge in [-0.3, -0.25) is 4.21 Å². The molecule has 1 atom stereocenters. The molecule has 4 nitrogen and oxygen atoms in total. The topological polar surface area (TPSA) is 54.9 Å². The first-order chi connectivity index (χ1) is 7.61. The molecule has 1 aromatic rings. The van der Waals surface area contributed by atoms with Gasteiger partial charge in [0.2, 0.25) is 0 Å². The van der Waals surface area contributed by atoms with Crippen molar-refractivity contribution in [3.05, 3.63) is 16.5 Å². The molecule has 1 aromatic heterocycles. The van der Waals surface area contributed by atoms with Gasteiger partial charge in [-0.05, 0) is 22.4 Å². The highest BCUT2D eigenvalue weighted by molar-refractivity contribution is 9.10. The van der Waals surface area contributed by atoms with Gasteiger partial charge in [-0.15, -0.1) is 0 Å². The summed E-state index contributed by atoms with van der Waals surface area (Å²) >= 11 is 3.35. The van der Waals surface area contributed by atoms with Crippen LogP contribution in [0.5, 0.6) is 0 Å². The molecule has 0 saturated carbocycles. The van der Waals surface area contributed by atoms with Crippen molar-refractivity contribution >= 4 is 32.5 Å². The lowest BCUT2D eigenvalue weighted by Crippen LogP contribution is -2.11. The molecule has 16 heavy (non-hydrogen) atoms. The van der Waals surface area contributed by atoms with Crippen LogP contribution in [0.15, 0.2) is 10.7 Å². The van der Waals surface area contributed by atoms with Crippen molar-refractivity contribution < 1.29 is 4.21 Å². The van der Waals surface area contributed by atoms with Gasteiger partial charge in [0.1, 0.15) is 16.2 Å². The van der Waals surface area contributed by atoms with Crippen LogP contribution in [0.3, 0.4) is 0 Å². The Bertz CT molecular complexity index is 373. The summed E-state index contributed by atoms with van der Waals surface area (Å²) in [6, 6.07) is 1.83. The van der Waals surface area contributed by atoms with Crippen molar-refractivity contribution in [3.8, 4) is 0 Å². The Balaban J connectivity index is 2.61. The van der Waals surface area contributed by atoms with E-state index in [2.05, 4.69) is 38.1 Å². The van der Waals surface area contributed by atoms with Crippen molar-refractivity contribution in [2.45, 2.75) is 19.8 Å². The largest absolute Gasteiger partial charge is 0.369 e. The van der Waals surface area contributed by atoms with Gasteiger partial charge in [0.25, 0.3) is 0 Å². The lowest BCUT2D eigenvalue weighted by atomic mass is 10.3. The molecule has 6 heteroatoms. The molecule has 0 fully saturated rings. The van der Waals surface area contributed by atoms with Crippen LogP contribution in [0.2, 0.25) is 0 Å². The molecule has 0 saturated heterocycles. The Labute approximate surface area is 107 Å². The fourth-order valence-corrected chi connectivity index (χ4v) is 2.02. The lowest BCUT2D eigenvalue weighted by molar-refractivity contribution is 0.687. The maximum atomic E-state index is 10.9. The highest BCUT2D eigenvalue weighted by atomic mass is 79.9. The number of halogens is 1. The minimum Gasteiger partial charge on any atom is -0.369 e. The zero-order valence-electron chi connectivity index (χ0n) is 9.49. The van der Waals surface area contributed by atoms with Crippen LogP contribution < -0.4 is 5.32 Å². The molecule has 0 aliphatic heterocycles. The van der Waals surface area contributed by atoms with Crippen LogP contribution in [0.1, 0.15) is 19.2 Å². The zero-order chi connectivity index (χ0) is 12.0. The fraction of sp³-hybridized carbons (Fsp3) is 0.600. The van der Waals surface area contributed by atoms with E-state index in [-0.39, 0.29) is 0 Å². The molecule has 1 N–H and O–H groups in total. The van der Waals surface area contributed by atoms with Gasteiger partial charge in [-0.1, -0.05) is 6.92 Å². The van der Waals surface area contributed by atoms with E-state index >= 15 is 0 Å². The molecule has 90 valence electrons. The number of rotatable bonds is 6. The highest BCUT2D eigenvalue weighted by Crippen LogP contribution is 2.12. The van der Waals surface area contributed by atoms with Crippen molar-refractivity contribution in [3.63, 3.8) is 0 Å². The molecule has 0 aromatic carbocycles. The Morgan fingerprint density at radius 3 is 2.88 bits per heavy atom. The highest BCUT2D eigenvalue weighted by Gasteiger charge is 2.02. The average molecular weight is 306 g/mol. The summed E-state index contributed by atoms with van der Waals surface area (Å²) in [6.45, 7) is 2.76. The van der Waals surface area contributed by atoms with Gasteiger partial charge in [-0.25, -0.2) is 9.97 Å². The summed E-state index contributed by atoms with van der Waals surface area (Å²) < 4.78 is 11.7. The zero-order valence-corrected chi connectivity index (χ0v) is 11.9. The Hall–Kier alpha value is -0.490. The minimum absolute atomic E-state index is 0.630. The maximum Gasteiger partial charge on any atom is 0.132 e. The summed E-state index contributed by atoms with van der Waals surface area (Å²) in [7, 11) is -0.771. The van der Waals surface area contributed by atoms with Crippen LogP contribution >= 0.6 is 15.9 Å². The first kappa shape index (κ1) is 13.6. The third kappa shape index (κ3) is 5.03. The second kappa shape index (κ2) is 6.96. The van der Waals surface area contributed by atoms with Crippen LogP contribution in [0, 0.1) is 0 Å². The summed E-state index contributed by atoms with van der Waals surface area (Å²) in [5.41, 5.74) is 0. The number of nitrogens with one attached hydrogen (secondary N) is 1. The van der Waals surface area contributed by atoms with Crippen LogP contribution in [0.4, 0.5) is 5.82 Å². The molecule has 0 amide bonds. The van der Waals surface area contributed by atoms with E-state index in [1.54, 1.807) is 6.26 Å². The molecular formula is C10H16BrN3OS. The van der Waals surface area contributed by atoms with E-state index in [9.17, 15) is 4.21 Å². The SMILES string of the molecule is CCCc1nc(Br)cc(NCCS(C)=O)n1. The molecule has 0 radical (unpaired) electrons. The van der Waals surface area contributed by atoms with E-state index in [1.807, 2.05) is 6.07 Å². The van der Waals surface area contributed by atoms with Crippen LogP contribution in [0.25, 0.3) is 0 Å². The van der Waals surface area contributed by atoms with Crippen LogP contribution in [-0.4, -0.2) is 32.7 Å². The Morgan fingerprint density at radius 1 is 1.50 bits per heavy atom. The standard InChI is InChI=1S/C10H16BrN3OS/c1-3-4-9-13-8(11)7-10(14-9)12-5-6-16(2)15/h7H,3-6H2,1-2H3,(H,12,13,14). The van der Waals surface area contributed by atoms with Crippen LogP contribution in [-0.2, 0) is 17.2 Å². The Kier molecular flexibility index (Phi) is 5.90. The monoisotopic (exact) mass is 305 g/mol. The fourth-order valence-electron chi connectivity index (χ4n) is 1.21. The van der Waals surface area contributed by atoms with Gasteiger partial charge >= 0.3 is 0 Å². The lowest BCUT2D eigenvalue weighted by Gasteiger charge is -2.06. The number of nitrogens with zero attached hydrogens (tertiary/aromatic N) is 2. The molecule has 0 aliphatic rings. The second-order valence-electron chi connectivity index (χ2n) is 3.45. The minimum atomic E-state index is -0.771. The Morgan fingerprint density at radius 2 is 2.25 bits per heavy atom. The van der Waals surface area contributed by atoms with Crippen molar-refractivity contribution in [2.75, 3.05) is 23.9 Å². The summed E-state index contributed by atoms with van der Waals surface area (Å²) in [5.74, 6) is 2.25. The number of anilines is 1. The number of aromatic nitrogens is 2. The maximum absolute atomic E-state index is 10.9.